The van der Waals surface area contributed by atoms with Gasteiger partial charge in [0.1, 0.15) is 17.0 Å². The monoisotopic (exact) mass is 299 g/mol. The molecular formula is C14H16F3N3O. The van der Waals surface area contributed by atoms with Gasteiger partial charge in [-0.15, -0.1) is 0 Å². The normalized spacial score (nSPS) is 11.7. The minimum absolute atomic E-state index is 0.0369. The number of nitrogen functional groups attached to an aromatic ring is 1. The van der Waals surface area contributed by atoms with Gasteiger partial charge in [-0.1, -0.05) is 19.1 Å². The van der Waals surface area contributed by atoms with Crippen LogP contribution in [0, 0.1) is 6.92 Å². The Morgan fingerprint density at radius 3 is 2.62 bits per heavy atom. The highest BCUT2D eigenvalue weighted by molar-refractivity contribution is 5.96. The number of nitrogens with one attached hydrogen (secondary N) is 1. The van der Waals surface area contributed by atoms with Crippen LogP contribution in [0.4, 0.5) is 18.9 Å². The lowest BCUT2D eigenvalue weighted by Crippen LogP contribution is -2.16. The molecule has 0 unspecified atom stereocenters. The van der Waals surface area contributed by atoms with Crippen molar-refractivity contribution in [2.24, 2.45) is 5.84 Å². The molecular weight excluding hydrogens is 283 g/mol. The fourth-order valence-corrected chi connectivity index (χ4v) is 2.15. The lowest BCUT2D eigenvalue weighted by Gasteiger charge is -2.17. The summed E-state index contributed by atoms with van der Waals surface area (Å²) in [6.45, 7) is 3.65. The van der Waals surface area contributed by atoms with Crippen molar-refractivity contribution in [2.75, 3.05) is 12.0 Å². The largest absolute Gasteiger partial charge is 0.491 e. The van der Waals surface area contributed by atoms with E-state index in [-0.39, 0.29) is 16.8 Å². The van der Waals surface area contributed by atoms with Crippen molar-refractivity contribution in [3.63, 3.8) is 0 Å². The first-order chi connectivity index (χ1) is 9.90. The lowest BCUT2D eigenvalue weighted by atomic mass is 10.1. The van der Waals surface area contributed by atoms with Gasteiger partial charge in [-0.05, 0) is 19.4 Å². The van der Waals surface area contributed by atoms with Crippen molar-refractivity contribution < 1.29 is 17.9 Å². The molecule has 0 spiro atoms. The van der Waals surface area contributed by atoms with Gasteiger partial charge >= 0.3 is 6.18 Å². The SMILES string of the molecule is CCCOc1cccc2c(NN)c(C)c(C(F)(F)F)nc12. The highest BCUT2D eigenvalue weighted by Gasteiger charge is 2.36. The molecule has 0 saturated heterocycles. The first-order valence-electron chi connectivity index (χ1n) is 6.50. The van der Waals surface area contributed by atoms with Crippen molar-refractivity contribution in [3.05, 3.63) is 29.5 Å². The summed E-state index contributed by atoms with van der Waals surface area (Å²) in [6, 6.07) is 4.95. The van der Waals surface area contributed by atoms with Gasteiger partial charge in [0.2, 0.25) is 0 Å². The molecule has 0 radical (unpaired) electrons. The van der Waals surface area contributed by atoms with E-state index in [1.54, 1.807) is 18.2 Å². The van der Waals surface area contributed by atoms with Gasteiger partial charge in [-0.25, -0.2) is 4.98 Å². The number of aromatic nitrogens is 1. The number of pyridine rings is 1. The number of hydrogen-bond acceptors (Lipinski definition) is 4. The molecule has 2 aromatic rings. The number of nitrogens with two attached hydrogens (primary N) is 1. The standard InChI is InChI=1S/C14H16F3N3O/c1-3-7-21-10-6-4-5-9-11(20-18)8(2)13(14(15,16)17)19-12(9)10/h4-6H,3,7,18H2,1-2H3,(H,19,20). The number of nitrogens with zero attached hydrogens (tertiary/aromatic N) is 1. The number of hydrogen-bond donors (Lipinski definition) is 2. The molecule has 0 aliphatic carbocycles. The van der Waals surface area contributed by atoms with Gasteiger partial charge in [-0.2, -0.15) is 13.2 Å². The lowest BCUT2D eigenvalue weighted by molar-refractivity contribution is -0.141. The van der Waals surface area contributed by atoms with Gasteiger partial charge in [0, 0.05) is 10.9 Å². The number of anilines is 1. The summed E-state index contributed by atoms with van der Waals surface area (Å²) in [6.07, 6.45) is -3.81. The molecule has 114 valence electrons. The van der Waals surface area contributed by atoms with Crippen molar-refractivity contribution >= 4 is 16.6 Å². The summed E-state index contributed by atoms with van der Waals surface area (Å²) in [4.78, 5) is 3.76. The fraction of sp³-hybridized carbons (Fsp3) is 0.357. The van der Waals surface area contributed by atoms with Crippen LogP contribution >= 0.6 is 0 Å². The van der Waals surface area contributed by atoms with Crippen LogP contribution in [0.25, 0.3) is 10.9 Å². The molecule has 1 aromatic carbocycles. The number of rotatable bonds is 4. The molecule has 7 heteroatoms. The van der Waals surface area contributed by atoms with E-state index in [1.807, 2.05) is 6.92 Å². The van der Waals surface area contributed by atoms with Crippen molar-refractivity contribution in [1.29, 1.82) is 0 Å². The van der Waals surface area contributed by atoms with Crippen molar-refractivity contribution in [3.8, 4) is 5.75 Å². The molecule has 0 saturated carbocycles. The van der Waals surface area contributed by atoms with Gasteiger partial charge in [0.25, 0.3) is 0 Å². The van der Waals surface area contributed by atoms with Gasteiger partial charge in [-0.3, -0.25) is 5.84 Å². The number of ether oxygens (including phenoxy) is 1. The smallest absolute Gasteiger partial charge is 0.433 e. The molecule has 0 fully saturated rings. The molecule has 1 aromatic heterocycles. The third kappa shape index (κ3) is 2.87. The predicted molar refractivity (Wildman–Crippen MR) is 75.1 cm³/mol. The van der Waals surface area contributed by atoms with Crippen LogP contribution in [0.3, 0.4) is 0 Å². The molecule has 4 nitrogen and oxygen atoms in total. The number of halogens is 3. The highest BCUT2D eigenvalue weighted by Crippen LogP contribution is 2.39. The van der Waals surface area contributed by atoms with Crippen LogP contribution in [0.2, 0.25) is 0 Å². The van der Waals surface area contributed by atoms with Crippen LogP contribution in [-0.2, 0) is 6.18 Å². The maximum atomic E-state index is 13.1. The molecule has 21 heavy (non-hydrogen) atoms. The zero-order chi connectivity index (χ0) is 15.6. The molecule has 0 aliphatic heterocycles. The number of para-hydroxylation sites is 1. The Bertz CT molecular complexity index is 656. The Balaban J connectivity index is 2.76. The first kappa shape index (κ1) is 15.4. The van der Waals surface area contributed by atoms with Crippen LogP contribution in [0.1, 0.15) is 24.6 Å². The summed E-state index contributed by atoms with van der Waals surface area (Å²) in [5.74, 6) is 5.71. The van der Waals surface area contributed by atoms with Gasteiger partial charge in [0.05, 0.1) is 12.3 Å². The van der Waals surface area contributed by atoms with E-state index in [0.717, 1.165) is 6.42 Å². The average Bonchev–Trinajstić information content (AvgIpc) is 2.43. The second-order valence-corrected chi connectivity index (χ2v) is 4.60. The molecule has 0 bridgehead atoms. The summed E-state index contributed by atoms with van der Waals surface area (Å²) < 4.78 is 44.8. The average molecular weight is 299 g/mol. The van der Waals surface area contributed by atoms with E-state index in [2.05, 4.69) is 10.4 Å². The maximum absolute atomic E-state index is 13.1. The topological polar surface area (TPSA) is 60.2 Å². The summed E-state index contributed by atoms with van der Waals surface area (Å²) in [5.41, 5.74) is 1.69. The summed E-state index contributed by atoms with van der Waals surface area (Å²) in [7, 11) is 0. The number of alkyl halides is 3. The number of benzene rings is 1. The second kappa shape index (κ2) is 5.77. The van der Waals surface area contributed by atoms with Crippen LogP contribution in [0.15, 0.2) is 18.2 Å². The minimum Gasteiger partial charge on any atom is -0.491 e. The maximum Gasteiger partial charge on any atom is 0.433 e. The molecule has 0 aliphatic rings. The van der Waals surface area contributed by atoms with E-state index in [9.17, 15) is 13.2 Å². The van der Waals surface area contributed by atoms with E-state index in [4.69, 9.17) is 10.6 Å². The van der Waals surface area contributed by atoms with Crippen LogP contribution < -0.4 is 16.0 Å². The van der Waals surface area contributed by atoms with Crippen LogP contribution in [-0.4, -0.2) is 11.6 Å². The Morgan fingerprint density at radius 2 is 2.05 bits per heavy atom. The molecule has 1 heterocycles. The fourth-order valence-electron chi connectivity index (χ4n) is 2.15. The predicted octanol–water partition coefficient (Wildman–Crippen LogP) is 3.64. The van der Waals surface area contributed by atoms with E-state index in [1.165, 1.54) is 6.92 Å². The zero-order valence-corrected chi connectivity index (χ0v) is 11.7. The molecule has 2 rings (SSSR count). The van der Waals surface area contributed by atoms with Crippen LogP contribution in [0.5, 0.6) is 5.75 Å². The van der Waals surface area contributed by atoms with E-state index in [0.29, 0.717) is 17.7 Å². The number of fused-ring (bicyclic) bond motifs is 1. The Labute approximate surface area is 120 Å². The third-order valence-electron chi connectivity index (χ3n) is 3.10. The van der Waals surface area contributed by atoms with Crippen molar-refractivity contribution in [1.82, 2.24) is 4.98 Å². The van der Waals surface area contributed by atoms with E-state index < -0.39 is 11.9 Å². The Morgan fingerprint density at radius 1 is 1.33 bits per heavy atom. The highest BCUT2D eigenvalue weighted by atomic mass is 19.4. The van der Waals surface area contributed by atoms with Gasteiger partial charge in [0.15, 0.2) is 0 Å². The summed E-state index contributed by atoms with van der Waals surface area (Å²) in [5, 5.41) is 0.497. The summed E-state index contributed by atoms with van der Waals surface area (Å²) >= 11 is 0. The second-order valence-electron chi connectivity index (χ2n) is 4.60. The van der Waals surface area contributed by atoms with E-state index >= 15 is 0 Å². The van der Waals surface area contributed by atoms with Crippen molar-refractivity contribution in [2.45, 2.75) is 26.4 Å². The third-order valence-corrected chi connectivity index (χ3v) is 3.10. The Hall–Kier alpha value is -2.02. The zero-order valence-electron chi connectivity index (χ0n) is 11.7. The quantitative estimate of drug-likeness (QED) is 0.668. The first-order valence-corrected chi connectivity index (χ1v) is 6.50. The number of hydrazine groups is 1. The van der Waals surface area contributed by atoms with Gasteiger partial charge < -0.3 is 10.2 Å². The Kier molecular flexibility index (Phi) is 4.22. The molecule has 0 atom stereocenters. The molecule has 3 N–H and O–H groups in total. The minimum atomic E-state index is -4.55. The molecule has 0 amide bonds.